The second-order valence-electron chi connectivity index (χ2n) is 6.71. The normalized spacial score (nSPS) is 10.9. The van der Waals surface area contributed by atoms with Gasteiger partial charge in [0.1, 0.15) is 35.5 Å². The number of nitrogens with zero attached hydrogens (tertiary/aromatic N) is 6. The molecule has 0 aliphatic carbocycles. The molecule has 0 saturated carbocycles. The van der Waals surface area contributed by atoms with E-state index >= 15 is 0 Å². The van der Waals surface area contributed by atoms with Crippen LogP contribution in [0.25, 0.3) is 5.69 Å². The van der Waals surface area contributed by atoms with Crippen molar-refractivity contribution < 1.29 is 8.78 Å². The highest BCUT2D eigenvalue weighted by atomic mass is 19.1. The molecule has 0 aliphatic heterocycles. The number of nitriles is 1. The maximum Gasteiger partial charge on any atom is 0.350 e. The van der Waals surface area contributed by atoms with E-state index in [0.29, 0.717) is 17.9 Å². The molecule has 4 aromatic rings. The van der Waals surface area contributed by atoms with Crippen LogP contribution in [0.15, 0.2) is 59.8 Å². The van der Waals surface area contributed by atoms with Crippen molar-refractivity contribution in [1.29, 1.82) is 5.26 Å². The maximum absolute atomic E-state index is 13.9. The zero-order valence-electron chi connectivity index (χ0n) is 16.0. The van der Waals surface area contributed by atoms with Crippen molar-refractivity contribution >= 4 is 0 Å². The van der Waals surface area contributed by atoms with Gasteiger partial charge in [0.25, 0.3) is 0 Å². The highest BCUT2D eigenvalue weighted by Gasteiger charge is 2.13. The number of rotatable bonds is 5. The van der Waals surface area contributed by atoms with Crippen LogP contribution in [0.1, 0.15) is 22.6 Å². The summed E-state index contributed by atoms with van der Waals surface area (Å²) in [5.74, 6) is -0.706. The zero-order chi connectivity index (χ0) is 21.3. The molecule has 0 radical (unpaired) electrons. The van der Waals surface area contributed by atoms with Crippen LogP contribution in [-0.2, 0) is 13.1 Å². The average Bonchev–Trinajstić information content (AvgIpc) is 3.28. The number of benzene rings is 2. The molecule has 2 aromatic heterocycles. The Morgan fingerprint density at radius 2 is 1.77 bits per heavy atom. The lowest BCUT2D eigenvalue weighted by Gasteiger charge is -2.08. The Hall–Kier alpha value is -4.06. The molecule has 0 fully saturated rings. The number of hydrogen-bond acceptors (Lipinski definition) is 4. The predicted molar refractivity (Wildman–Crippen MR) is 104 cm³/mol. The van der Waals surface area contributed by atoms with E-state index in [9.17, 15) is 13.6 Å². The molecule has 2 aromatic carbocycles. The molecule has 0 bridgehead atoms. The van der Waals surface area contributed by atoms with Crippen molar-refractivity contribution in [2.24, 2.45) is 0 Å². The Morgan fingerprint density at radius 3 is 2.43 bits per heavy atom. The van der Waals surface area contributed by atoms with E-state index in [1.54, 1.807) is 16.7 Å². The van der Waals surface area contributed by atoms with E-state index in [4.69, 9.17) is 5.26 Å². The van der Waals surface area contributed by atoms with E-state index < -0.39 is 17.3 Å². The molecule has 0 atom stereocenters. The van der Waals surface area contributed by atoms with Crippen LogP contribution in [0.5, 0.6) is 0 Å². The molecular weight excluding hydrogens is 390 g/mol. The zero-order valence-corrected chi connectivity index (χ0v) is 16.0. The second kappa shape index (κ2) is 7.75. The van der Waals surface area contributed by atoms with Crippen LogP contribution in [0.4, 0.5) is 8.78 Å². The fraction of sp³-hybridized carbons (Fsp3) is 0.143. The van der Waals surface area contributed by atoms with Gasteiger partial charge in [-0.25, -0.2) is 18.6 Å². The van der Waals surface area contributed by atoms with Crippen LogP contribution in [0, 0.1) is 29.9 Å². The van der Waals surface area contributed by atoms with Crippen molar-refractivity contribution in [3.05, 3.63) is 99.8 Å². The van der Waals surface area contributed by atoms with E-state index in [1.165, 1.54) is 18.6 Å². The first-order chi connectivity index (χ1) is 14.5. The molecule has 7 nitrogen and oxygen atoms in total. The standard InChI is InChI=1S/C21H16F2N6O/c1-14-25-10-17(9-24)28(14)11-15-5-7-16(8-6-15)29-21(30)27(13-26-29)12-18-19(22)3-2-4-20(18)23/h2-8,10,13H,11-12H2,1H3. The first-order valence-electron chi connectivity index (χ1n) is 9.07. The number of aryl methyl sites for hydroxylation is 1. The van der Waals surface area contributed by atoms with Gasteiger partial charge in [-0.3, -0.25) is 4.57 Å². The Kier molecular flexibility index (Phi) is 4.98. The van der Waals surface area contributed by atoms with Crippen LogP contribution >= 0.6 is 0 Å². The Bertz CT molecular complexity index is 1290. The van der Waals surface area contributed by atoms with Gasteiger partial charge in [0.2, 0.25) is 0 Å². The van der Waals surface area contributed by atoms with Crippen molar-refractivity contribution in [2.75, 3.05) is 0 Å². The lowest BCUT2D eigenvalue weighted by molar-refractivity contribution is 0.541. The van der Waals surface area contributed by atoms with E-state index in [1.807, 2.05) is 19.1 Å². The van der Waals surface area contributed by atoms with Gasteiger partial charge < -0.3 is 4.57 Å². The molecule has 0 saturated heterocycles. The van der Waals surface area contributed by atoms with Crippen molar-refractivity contribution in [2.45, 2.75) is 20.0 Å². The number of hydrogen-bond donors (Lipinski definition) is 0. The molecule has 0 spiro atoms. The molecule has 9 heteroatoms. The summed E-state index contributed by atoms with van der Waals surface area (Å²) in [5.41, 5.74) is 1.18. The highest BCUT2D eigenvalue weighted by Crippen LogP contribution is 2.14. The molecule has 150 valence electrons. The molecule has 0 N–H and O–H groups in total. The van der Waals surface area contributed by atoms with Gasteiger partial charge in [0.15, 0.2) is 0 Å². The lowest BCUT2D eigenvalue weighted by Crippen LogP contribution is -2.24. The van der Waals surface area contributed by atoms with Crippen molar-refractivity contribution in [3.63, 3.8) is 0 Å². The second-order valence-corrected chi connectivity index (χ2v) is 6.71. The summed E-state index contributed by atoms with van der Waals surface area (Å²) in [5, 5.41) is 13.2. The third-order valence-electron chi connectivity index (χ3n) is 4.81. The van der Waals surface area contributed by atoms with Gasteiger partial charge in [0.05, 0.1) is 18.4 Å². The molecule has 0 amide bonds. The molecule has 30 heavy (non-hydrogen) atoms. The predicted octanol–water partition coefficient (Wildman–Crippen LogP) is 2.79. The van der Waals surface area contributed by atoms with Gasteiger partial charge in [-0.05, 0) is 36.8 Å². The van der Waals surface area contributed by atoms with Crippen LogP contribution in [0.2, 0.25) is 0 Å². The third-order valence-corrected chi connectivity index (χ3v) is 4.81. The molecular formula is C21H16F2N6O. The summed E-state index contributed by atoms with van der Waals surface area (Å²) < 4.78 is 31.8. The van der Waals surface area contributed by atoms with Crippen LogP contribution in [-0.4, -0.2) is 23.9 Å². The number of halogens is 2. The smallest absolute Gasteiger partial charge is 0.316 e. The van der Waals surface area contributed by atoms with Crippen LogP contribution < -0.4 is 5.69 Å². The van der Waals surface area contributed by atoms with Gasteiger partial charge in [-0.1, -0.05) is 18.2 Å². The van der Waals surface area contributed by atoms with Crippen LogP contribution in [0.3, 0.4) is 0 Å². The lowest BCUT2D eigenvalue weighted by atomic mass is 10.2. The minimum Gasteiger partial charge on any atom is -0.316 e. The average molecular weight is 406 g/mol. The van der Waals surface area contributed by atoms with E-state index in [0.717, 1.165) is 32.8 Å². The molecule has 2 heterocycles. The Morgan fingerprint density at radius 1 is 1.07 bits per heavy atom. The fourth-order valence-electron chi connectivity index (χ4n) is 3.16. The van der Waals surface area contributed by atoms with Gasteiger partial charge >= 0.3 is 5.69 Å². The molecule has 0 aliphatic rings. The minimum absolute atomic E-state index is 0.196. The summed E-state index contributed by atoms with van der Waals surface area (Å²) in [6, 6.07) is 12.7. The van der Waals surface area contributed by atoms with Gasteiger partial charge in [-0.15, -0.1) is 0 Å². The largest absolute Gasteiger partial charge is 0.350 e. The summed E-state index contributed by atoms with van der Waals surface area (Å²) >= 11 is 0. The first-order valence-corrected chi connectivity index (χ1v) is 9.07. The van der Waals surface area contributed by atoms with Gasteiger partial charge in [0, 0.05) is 12.1 Å². The Balaban J connectivity index is 1.58. The highest BCUT2D eigenvalue weighted by molar-refractivity contribution is 5.34. The summed E-state index contributed by atoms with van der Waals surface area (Å²) in [7, 11) is 0. The number of aromatic nitrogens is 5. The van der Waals surface area contributed by atoms with Gasteiger partial charge in [-0.2, -0.15) is 15.0 Å². The maximum atomic E-state index is 13.9. The van der Waals surface area contributed by atoms with Crippen molar-refractivity contribution in [3.8, 4) is 11.8 Å². The summed E-state index contributed by atoms with van der Waals surface area (Å²) in [6.07, 6.45) is 2.77. The van der Waals surface area contributed by atoms with Crippen molar-refractivity contribution in [1.82, 2.24) is 23.9 Å². The van der Waals surface area contributed by atoms with E-state index in [2.05, 4.69) is 16.2 Å². The van der Waals surface area contributed by atoms with E-state index in [-0.39, 0.29) is 12.1 Å². The SMILES string of the molecule is Cc1ncc(C#N)n1Cc1ccc(-n2ncn(Cc3c(F)cccc3F)c2=O)cc1. The molecule has 0 unspecified atom stereocenters. The number of imidazole rings is 1. The first kappa shape index (κ1) is 19.3. The summed E-state index contributed by atoms with van der Waals surface area (Å²) in [4.78, 5) is 16.8. The quantitative estimate of drug-likeness (QED) is 0.510. The molecule has 4 rings (SSSR count). The summed E-state index contributed by atoms with van der Waals surface area (Å²) in [6.45, 7) is 2.02. The Labute approximate surface area is 170 Å². The minimum atomic E-state index is -0.717. The monoisotopic (exact) mass is 406 g/mol. The third kappa shape index (κ3) is 3.51. The topological polar surface area (TPSA) is 81.4 Å². The fourth-order valence-corrected chi connectivity index (χ4v) is 3.16.